The molecule has 0 aromatic rings. The number of allylic oxidation sites excluding steroid dienone is 6. The standard InChI is InChI=1S/C60H90O5/c1-49(2)27-31-59(33-29-55(11)37(39(59)35-49)15-17-43-53(9)23-21-45(61)51(5,6)41(53)19-25-57(43,55)13)47(63)65-48(64)60-32-28-50(3,4)36-40(60)38-16-18-44-54(10)24-22-46(62)52(7,8)42(54)20-26-58(44,14)56(38,12)30-34-60/h15-18,41-46,61-62H,19-36H2,1-14H3/t41?,42?,43?,44?,45-,46-,53+,54+,55-,56-,57-,58-,59+,60?/m1/s1. The van der Waals surface area contributed by atoms with Gasteiger partial charge in [0.1, 0.15) is 0 Å². The van der Waals surface area contributed by atoms with Crippen LogP contribution in [0.25, 0.3) is 0 Å². The minimum Gasteiger partial charge on any atom is -0.393 e. The molecule has 5 nitrogen and oxygen atoms in total. The third-order valence-electron chi connectivity index (χ3n) is 25.0. The summed E-state index contributed by atoms with van der Waals surface area (Å²) < 4.78 is 6.67. The van der Waals surface area contributed by atoms with Crippen LogP contribution in [0.15, 0.2) is 46.6 Å². The van der Waals surface area contributed by atoms with E-state index in [-0.39, 0.29) is 78.3 Å². The van der Waals surface area contributed by atoms with Gasteiger partial charge in [0.15, 0.2) is 0 Å². The molecule has 5 heteroatoms. The Hall–Kier alpha value is -1.98. The van der Waals surface area contributed by atoms with Crippen LogP contribution >= 0.6 is 0 Å². The summed E-state index contributed by atoms with van der Waals surface area (Å²) >= 11 is 0. The van der Waals surface area contributed by atoms with Gasteiger partial charge in [-0.1, -0.05) is 121 Å². The molecular weight excluding hydrogens is 801 g/mol. The molecule has 0 aliphatic heterocycles. The molecule has 0 aromatic heterocycles. The normalized spacial score (nSPS) is 50.8. The van der Waals surface area contributed by atoms with Gasteiger partial charge in [0.05, 0.1) is 23.0 Å². The van der Waals surface area contributed by atoms with Gasteiger partial charge >= 0.3 is 11.9 Å². The zero-order chi connectivity index (χ0) is 47.2. The molecule has 10 rings (SSSR count). The van der Waals surface area contributed by atoms with Crippen molar-refractivity contribution < 1.29 is 24.5 Å². The minimum absolute atomic E-state index is 0.0269. The summed E-state index contributed by atoms with van der Waals surface area (Å²) in [4.78, 5) is 31.1. The predicted octanol–water partition coefficient (Wildman–Crippen LogP) is 14.2. The molecule has 0 spiro atoms. The fraction of sp³-hybridized carbons (Fsp3) is 0.833. The first kappa shape index (κ1) is 46.7. The lowest BCUT2D eigenvalue weighted by Gasteiger charge is -2.69. The third kappa shape index (κ3) is 5.81. The van der Waals surface area contributed by atoms with Crippen LogP contribution in [0, 0.1) is 88.7 Å². The van der Waals surface area contributed by atoms with Gasteiger partial charge in [-0.25, -0.2) is 0 Å². The topological polar surface area (TPSA) is 83.8 Å². The zero-order valence-electron chi connectivity index (χ0n) is 43.6. The van der Waals surface area contributed by atoms with Crippen LogP contribution < -0.4 is 0 Å². The number of carbonyl (C=O) groups excluding carboxylic acids is 2. The number of hydrogen-bond acceptors (Lipinski definition) is 5. The fourth-order valence-electron chi connectivity index (χ4n) is 20.1. The van der Waals surface area contributed by atoms with Crippen molar-refractivity contribution in [2.24, 2.45) is 88.7 Å². The molecule has 6 saturated carbocycles. The maximum Gasteiger partial charge on any atom is 0.323 e. The van der Waals surface area contributed by atoms with Crippen LogP contribution in [-0.4, -0.2) is 34.4 Å². The molecule has 0 heterocycles. The maximum absolute atomic E-state index is 15.6. The van der Waals surface area contributed by atoms with Gasteiger partial charge in [0, 0.05) is 0 Å². The van der Waals surface area contributed by atoms with Gasteiger partial charge in [-0.2, -0.15) is 0 Å². The number of aliphatic hydroxyl groups is 2. The zero-order valence-corrected chi connectivity index (χ0v) is 43.6. The van der Waals surface area contributed by atoms with Gasteiger partial charge in [0.2, 0.25) is 0 Å². The number of hydrogen-bond donors (Lipinski definition) is 2. The molecule has 0 saturated heterocycles. The van der Waals surface area contributed by atoms with E-state index < -0.39 is 10.8 Å². The second kappa shape index (κ2) is 13.9. The summed E-state index contributed by atoms with van der Waals surface area (Å²) in [5.41, 5.74) is 3.68. The van der Waals surface area contributed by atoms with E-state index >= 15 is 9.59 Å². The first-order chi connectivity index (χ1) is 29.9. The summed E-state index contributed by atoms with van der Waals surface area (Å²) in [6.45, 7) is 34.1. The monoisotopic (exact) mass is 891 g/mol. The average molecular weight is 891 g/mol. The summed E-state index contributed by atoms with van der Waals surface area (Å²) in [7, 11) is 0. The molecule has 0 aromatic carbocycles. The Kier molecular flexibility index (Phi) is 9.97. The number of fused-ring (bicyclic) bond motifs is 12. The molecular formula is C60H90O5. The van der Waals surface area contributed by atoms with Crippen molar-refractivity contribution in [1.82, 2.24) is 0 Å². The molecule has 10 aliphatic rings. The Balaban J connectivity index is 1.02. The van der Waals surface area contributed by atoms with Gasteiger partial charge in [-0.15, -0.1) is 0 Å². The fourth-order valence-corrected chi connectivity index (χ4v) is 20.1. The van der Waals surface area contributed by atoms with Gasteiger partial charge in [-0.3, -0.25) is 9.59 Å². The second-order valence-electron chi connectivity index (χ2n) is 29.4. The van der Waals surface area contributed by atoms with Gasteiger partial charge in [0.25, 0.3) is 0 Å². The molecule has 5 unspecified atom stereocenters. The minimum atomic E-state index is -0.784. The molecule has 2 N–H and O–H groups in total. The number of ether oxygens (including phenoxy) is 1. The first-order valence-electron chi connectivity index (χ1n) is 26.9. The van der Waals surface area contributed by atoms with Crippen molar-refractivity contribution >= 4 is 11.9 Å². The highest BCUT2D eigenvalue weighted by molar-refractivity contribution is 5.95. The largest absolute Gasteiger partial charge is 0.393 e. The molecule has 14 atom stereocenters. The number of carbonyl (C=O) groups is 2. The molecule has 6 fully saturated rings. The number of esters is 2. The van der Waals surface area contributed by atoms with E-state index in [9.17, 15) is 10.2 Å². The lowest BCUT2D eigenvalue weighted by atomic mass is 9.35. The Morgan fingerprint density at radius 3 is 1.20 bits per heavy atom. The SMILES string of the molecule is CC1(C)CCC2(C(=O)OC(=O)[C@]34CCC(C)(C)CC3=C3C=CC5[C@@]6(C)CC[C@@H](O)C(C)(C)C6CC[C@@]5(C)[C@]3(C)CC4)CC[C@]3(C)C(=C2C1)C=CC1[C@@]2(C)CC[C@@H](O)C(C)(C)C2CC[C@]13C. The maximum atomic E-state index is 15.6. The molecule has 0 amide bonds. The van der Waals surface area contributed by atoms with E-state index in [0.717, 1.165) is 116 Å². The average Bonchev–Trinajstić information content (AvgIpc) is 3.21. The number of aliphatic hydroxyl groups excluding tert-OH is 2. The highest BCUT2D eigenvalue weighted by atomic mass is 16.6. The Morgan fingerprint density at radius 1 is 0.477 bits per heavy atom. The smallest absolute Gasteiger partial charge is 0.323 e. The van der Waals surface area contributed by atoms with Crippen LogP contribution in [-0.2, 0) is 14.3 Å². The van der Waals surface area contributed by atoms with Gasteiger partial charge in [-0.05, 0) is 216 Å². The van der Waals surface area contributed by atoms with Crippen LogP contribution in [0.2, 0.25) is 0 Å². The summed E-state index contributed by atoms with van der Waals surface area (Å²) in [6.07, 6.45) is 26.3. The quantitative estimate of drug-likeness (QED) is 0.213. The van der Waals surface area contributed by atoms with Crippen molar-refractivity contribution in [3.63, 3.8) is 0 Å². The van der Waals surface area contributed by atoms with Crippen molar-refractivity contribution in [3.8, 4) is 0 Å². The van der Waals surface area contributed by atoms with E-state index in [1.165, 1.54) is 22.3 Å². The lowest BCUT2D eigenvalue weighted by Crippen LogP contribution is -2.63. The summed E-state index contributed by atoms with van der Waals surface area (Å²) in [5.74, 6) is 1.20. The Bertz CT molecular complexity index is 2050. The predicted molar refractivity (Wildman–Crippen MR) is 261 cm³/mol. The van der Waals surface area contributed by atoms with Crippen molar-refractivity contribution in [1.29, 1.82) is 0 Å². The van der Waals surface area contributed by atoms with Crippen LogP contribution in [0.3, 0.4) is 0 Å². The lowest BCUT2D eigenvalue weighted by molar-refractivity contribution is -0.188. The molecule has 0 bridgehead atoms. The Labute approximate surface area is 394 Å². The van der Waals surface area contributed by atoms with E-state index in [1.807, 2.05) is 0 Å². The summed E-state index contributed by atoms with van der Waals surface area (Å²) in [6, 6.07) is 0. The van der Waals surface area contributed by atoms with Gasteiger partial charge < -0.3 is 14.9 Å². The van der Waals surface area contributed by atoms with Crippen LogP contribution in [0.1, 0.15) is 213 Å². The van der Waals surface area contributed by atoms with Crippen LogP contribution in [0.4, 0.5) is 0 Å². The highest BCUT2D eigenvalue weighted by Crippen LogP contribution is 2.77. The number of rotatable bonds is 2. The molecule has 10 aliphatic carbocycles. The third-order valence-corrected chi connectivity index (χ3v) is 25.0. The van der Waals surface area contributed by atoms with Crippen LogP contribution in [0.5, 0.6) is 0 Å². The van der Waals surface area contributed by atoms with E-state index in [0.29, 0.717) is 23.7 Å². The van der Waals surface area contributed by atoms with Crippen molar-refractivity contribution in [3.05, 3.63) is 46.6 Å². The summed E-state index contributed by atoms with van der Waals surface area (Å²) in [5, 5.41) is 22.5. The van der Waals surface area contributed by atoms with Crippen molar-refractivity contribution in [2.45, 2.75) is 225 Å². The first-order valence-corrected chi connectivity index (χ1v) is 26.9. The molecule has 0 radical (unpaired) electrons. The Morgan fingerprint density at radius 2 is 0.831 bits per heavy atom. The molecule has 65 heavy (non-hydrogen) atoms. The highest BCUT2D eigenvalue weighted by Gasteiger charge is 2.70. The van der Waals surface area contributed by atoms with E-state index in [2.05, 4.69) is 121 Å². The van der Waals surface area contributed by atoms with Crippen molar-refractivity contribution in [2.75, 3.05) is 0 Å². The van der Waals surface area contributed by atoms with E-state index in [4.69, 9.17) is 4.74 Å². The second-order valence-corrected chi connectivity index (χ2v) is 29.4. The van der Waals surface area contributed by atoms with E-state index in [1.54, 1.807) is 0 Å². The molecule has 360 valence electrons.